The van der Waals surface area contributed by atoms with Crippen molar-refractivity contribution in [2.75, 3.05) is 5.32 Å². The molecule has 0 amide bonds. The molecule has 3 rings (SSSR count). The van der Waals surface area contributed by atoms with E-state index in [9.17, 15) is 4.79 Å². The van der Waals surface area contributed by atoms with Crippen molar-refractivity contribution in [2.24, 2.45) is 5.92 Å². The molecule has 8 nitrogen and oxygen atoms in total. The van der Waals surface area contributed by atoms with Crippen LogP contribution in [0.5, 0.6) is 0 Å². The summed E-state index contributed by atoms with van der Waals surface area (Å²) in [6.45, 7) is 2.47. The highest BCUT2D eigenvalue weighted by Crippen LogP contribution is 2.27. The number of nitrogens with zero attached hydrogens (tertiary/aromatic N) is 5. The zero-order valence-corrected chi connectivity index (χ0v) is 12.3. The summed E-state index contributed by atoms with van der Waals surface area (Å²) in [6.07, 6.45) is 5.03. The minimum absolute atomic E-state index is 0.218. The smallest absolute Gasteiger partial charge is 0.291 e. The highest BCUT2D eigenvalue weighted by Gasteiger charge is 2.21. The van der Waals surface area contributed by atoms with Crippen LogP contribution in [-0.2, 0) is 6.54 Å². The van der Waals surface area contributed by atoms with E-state index >= 15 is 0 Å². The van der Waals surface area contributed by atoms with Gasteiger partial charge in [-0.1, -0.05) is 23.2 Å². The van der Waals surface area contributed by atoms with Crippen LogP contribution in [0.1, 0.15) is 38.1 Å². The molecule has 0 bridgehead atoms. The quantitative estimate of drug-likeness (QED) is 0.865. The molecule has 0 saturated heterocycles. The van der Waals surface area contributed by atoms with Gasteiger partial charge < -0.3 is 5.32 Å². The van der Waals surface area contributed by atoms with E-state index in [4.69, 9.17) is 11.6 Å². The highest BCUT2D eigenvalue weighted by molar-refractivity contribution is 6.33. The number of nitrogens with one attached hydrogen (secondary N) is 2. The van der Waals surface area contributed by atoms with Gasteiger partial charge in [0.05, 0.1) is 17.3 Å². The first-order valence-corrected chi connectivity index (χ1v) is 7.28. The topological polar surface area (TPSA) is 101 Å². The molecule has 1 aliphatic rings. The molecule has 2 N–H and O–H groups in total. The van der Waals surface area contributed by atoms with Crippen molar-refractivity contribution in [2.45, 2.75) is 38.8 Å². The number of rotatable bonds is 5. The first kappa shape index (κ1) is 14.0. The van der Waals surface area contributed by atoms with Gasteiger partial charge in [-0.3, -0.25) is 4.79 Å². The second kappa shape index (κ2) is 5.80. The summed E-state index contributed by atoms with van der Waals surface area (Å²) in [7, 11) is 0. The molecule has 1 fully saturated rings. The maximum atomic E-state index is 12.5. The lowest BCUT2D eigenvalue weighted by atomic mass is 9.85. The van der Waals surface area contributed by atoms with Gasteiger partial charge in [0.25, 0.3) is 5.56 Å². The third-order valence-electron chi connectivity index (χ3n) is 3.76. The number of anilines is 1. The molecule has 1 saturated carbocycles. The number of aromatic amines is 1. The summed E-state index contributed by atoms with van der Waals surface area (Å²) in [5.74, 6) is 1.01. The van der Waals surface area contributed by atoms with Crippen LogP contribution >= 0.6 is 11.6 Å². The van der Waals surface area contributed by atoms with Gasteiger partial charge in [-0.15, -0.1) is 10.2 Å². The van der Waals surface area contributed by atoms with Crippen LogP contribution in [0.2, 0.25) is 5.02 Å². The number of aromatic nitrogens is 6. The minimum Gasteiger partial charge on any atom is -0.369 e. The Morgan fingerprint density at radius 1 is 1.57 bits per heavy atom. The van der Waals surface area contributed by atoms with Gasteiger partial charge in [0, 0.05) is 6.54 Å². The van der Waals surface area contributed by atoms with Crippen LogP contribution < -0.4 is 10.9 Å². The molecule has 0 aromatic carbocycles. The molecule has 112 valence electrons. The zero-order valence-electron chi connectivity index (χ0n) is 11.6. The number of hydrogen-bond acceptors (Lipinski definition) is 6. The second-order valence-electron chi connectivity index (χ2n) is 5.29. The van der Waals surface area contributed by atoms with Crippen molar-refractivity contribution >= 4 is 17.3 Å². The third-order valence-corrected chi connectivity index (χ3v) is 4.05. The third kappa shape index (κ3) is 2.90. The number of tetrazole rings is 1. The summed E-state index contributed by atoms with van der Waals surface area (Å²) in [4.78, 5) is 12.5. The molecule has 21 heavy (non-hydrogen) atoms. The fourth-order valence-corrected chi connectivity index (χ4v) is 2.46. The van der Waals surface area contributed by atoms with Gasteiger partial charge in [0.1, 0.15) is 5.69 Å². The Morgan fingerprint density at radius 3 is 3.00 bits per heavy atom. The van der Waals surface area contributed by atoms with Crippen LogP contribution in [0.25, 0.3) is 0 Å². The lowest BCUT2D eigenvalue weighted by Crippen LogP contribution is -2.31. The number of hydrogen-bond donors (Lipinski definition) is 2. The van der Waals surface area contributed by atoms with Gasteiger partial charge in [0.15, 0.2) is 5.82 Å². The predicted molar refractivity (Wildman–Crippen MR) is 77.1 cm³/mol. The summed E-state index contributed by atoms with van der Waals surface area (Å²) in [6, 6.07) is -0.284. The molecule has 1 aliphatic carbocycles. The van der Waals surface area contributed by atoms with Gasteiger partial charge >= 0.3 is 0 Å². The van der Waals surface area contributed by atoms with E-state index in [1.54, 1.807) is 0 Å². The summed E-state index contributed by atoms with van der Waals surface area (Å²) in [5.41, 5.74) is 0.105. The SMILES string of the molecule is CC(Nc1c(Cl)cnn(CC2CCC2)c1=O)c1nn[nH]n1. The van der Waals surface area contributed by atoms with Crippen molar-refractivity contribution in [3.05, 3.63) is 27.4 Å². The van der Waals surface area contributed by atoms with E-state index in [2.05, 4.69) is 31.0 Å². The fourth-order valence-electron chi connectivity index (χ4n) is 2.28. The van der Waals surface area contributed by atoms with Crippen LogP contribution in [0.3, 0.4) is 0 Å². The summed E-state index contributed by atoms with van der Waals surface area (Å²) in [5, 5.41) is 21.1. The van der Waals surface area contributed by atoms with Gasteiger partial charge in [-0.05, 0) is 25.7 Å². The van der Waals surface area contributed by atoms with Crippen molar-refractivity contribution in [3.63, 3.8) is 0 Å². The van der Waals surface area contributed by atoms with Crippen LogP contribution in [-0.4, -0.2) is 30.4 Å². The zero-order chi connectivity index (χ0) is 14.8. The maximum absolute atomic E-state index is 12.5. The average Bonchev–Trinajstić information content (AvgIpc) is 2.94. The molecule has 0 spiro atoms. The van der Waals surface area contributed by atoms with E-state index in [1.807, 2.05) is 6.92 Å². The summed E-state index contributed by atoms with van der Waals surface area (Å²) >= 11 is 6.09. The molecule has 1 atom stereocenters. The largest absolute Gasteiger partial charge is 0.369 e. The normalized spacial score (nSPS) is 16.5. The second-order valence-corrected chi connectivity index (χ2v) is 5.69. The van der Waals surface area contributed by atoms with Crippen LogP contribution in [0.15, 0.2) is 11.0 Å². The molecule has 0 radical (unpaired) electrons. The molecule has 1 unspecified atom stereocenters. The van der Waals surface area contributed by atoms with E-state index < -0.39 is 0 Å². The summed E-state index contributed by atoms with van der Waals surface area (Å²) < 4.78 is 1.47. The Labute approximate surface area is 125 Å². The first-order valence-electron chi connectivity index (χ1n) is 6.90. The highest BCUT2D eigenvalue weighted by atomic mass is 35.5. The first-order chi connectivity index (χ1) is 10.1. The Hall–Kier alpha value is -1.96. The van der Waals surface area contributed by atoms with Gasteiger partial charge in [-0.25, -0.2) is 4.68 Å². The van der Waals surface area contributed by atoms with E-state index in [-0.39, 0.29) is 11.6 Å². The minimum atomic E-state index is -0.284. The number of halogens is 1. The predicted octanol–water partition coefficient (Wildman–Crippen LogP) is 1.38. The monoisotopic (exact) mass is 309 g/mol. The van der Waals surface area contributed by atoms with Crippen molar-refractivity contribution < 1.29 is 0 Å². The van der Waals surface area contributed by atoms with Crippen LogP contribution in [0.4, 0.5) is 5.69 Å². The average molecular weight is 310 g/mol. The van der Waals surface area contributed by atoms with E-state index in [0.717, 1.165) is 12.8 Å². The lowest BCUT2D eigenvalue weighted by molar-refractivity contribution is 0.262. The van der Waals surface area contributed by atoms with Crippen molar-refractivity contribution in [3.8, 4) is 0 Å². The van der Waals surface area contributed by atoms with Gasteiger partial charge in [-0.2, -0.15) is 10.3 Å². The molecule has 2 aromatic heterocycles. The molecule has 2 heterocycles. The molecule has 0 aliphatic heterocycles. The van der Waals surface area contributed by atoms with Crippen molar-refractivity contribution in [1.82, 2.24) is 30.4 Å². The Bertz CT molecular complexity index is 665. The fraction of sp³-hybridized carbons (Fsp3) is 0.583. The molecule has 2 aromatic rings. The van der Waals surface area contributed by atoms with E-state index in [0.29, 0.717) is 29.0 Å². The van der Waals surface area contributed by atoms with E-state index in [1.165, 1.54) is 17.3 Å². The Kier molecular flexibility index (Phi) is 3.87. The van der Waals surface area contributed by atoms with Gasteiger partial charge in [0.2, 0.25) is 0 Å². The lowest BCUT2D eigenvalue weighted by Gasteiger charge is -2.25. The number of H-pyrrole nitrogens is 1. The molecular weight excluding hydrogens is 294 g/mol. The standard InChI is InChI=1S/C12H16ClN7O/c1-7(11-16-18-19-17-11)15-10-9(13)5-14-20(12(10)21)6-8-3-2-4-8/h5,7-8,15H,2-4,6H2,1H3,(H,16,17,18,19). The van der Waals surface area contributed by atoms with Crippen LogP contribution in [0, 0.1) is 5.92 Å². The maximum Gasteiger partial charge on any atom is 0.291 e. The Balaban J connectivity index is 1.83. The molecule has 9 heteroatoms. The Morgan fingerprint density at radius 2 is 2.38 bits per heavy atom. The van der Waals surface area contributed by atoms with Crippen molar-refractivity contribution in [1.29, 1.82) is 0 Å². The molecular formula is C12H16ClN7O.